The van der Waals surface area contributed by atoms with Gasteiger partial charge in [-0.1, -0.05) is 23.2 Å². The Kier molecular flexibility index (Phi) is 4.18. The van der Waals surface area contributed by atoms with Crippen molar-refractivity contribution in [2.75, 3.05) is 0 Å². The van der Waals surface area contributed by atoms with Gasteiger partial charge in [0.2, 0.25) is 0 Å². The van der Waals surface area contributed by atoms with Crippen molar-refractivity contribution in [2.24, 2.45) is 5.73 Å². The van der Waals surface area contributed by atoms with Crippen LogP contribution in [0.5, 0.6) is 0 Å². The van der Waals surface area contributed by atoms with Crippen molar-refractivity contribution in [1.82, 2.24) is 0 Å². The molecule has 2 N–H and O–H groups in total. The summed E-state index contributed by atoms with van der Waals surface area (Å²) in [7, 11) is 0. The molecule has 0 saturated carbocycles. The minimum absolute atomic E-state index is 0.0841. The van der Waals surface area contributed by atoms with Crippen LogP contribution in [0.4, 0.5) is 0 Å². The lowest BCUT2D eigenvalue weighted by Gasteiger charge is -2.02. The van der Waals surface area contributed by atoms with E-state index in [-0.39, 0.29) is 12.2 Å². The molecule has 0 atom stereocenters. The summed E-state index contributed by atoms with van der Waals surface area (Å²) in [4.78, 5) is 11.4. The average molecular weight is 244 g/mol. The Labute approximate surface area is 98.7 Å². The van der Waals surface area contributed by atoms with Gasteiger partial charge in [-0.2, -0.15) is 0 Å². The van der Waals surface area contributed by atoms with Crippen LogP contribution in [0, 0.1) is 0 Å². The number of halogens is 2. The van der Waals surface area contributed by atoms with Crippen LogP contribution in [0.25, 0.3) is 0 Å². The number of rotatable bonds is 3. The first-order valence-corrected chi connectivity index (χ1v) is 5.15. The first-order chi connectivity index (χ1) is 6.99. The number of nitrogens with two attached hydrogens (primary N) is 1. The molecule has 0 saturated heterocycles. The van der Waals surface area contributed by atoms with Gasteiger partial charge in [0.05, 0.1) is 0 Å². The van der Waals surface area contributed by atoms with E-state index >= 15 is 0 Å². The Balaban J connectivity index is 2.85. The first kappa shape index (κ1) is 12.1. The van der Waals surface area contributed by atoms with Crippen molar-refractivity contribution in [3.05, 3.63) is 45.6 Å². The van der Waals surface area contributed by atoms with Gasteiger partial charge in [0.1, 0.15) is 0 Å². The smallest absolute Gasteiger partial charge is 0.161 e. The molecule has 1 aromatic rings. The second-order valence-corrected chi connectivity index (χ2v) is 4.11. The molecule has 0 amide bonds. The summed E-state index contributed by atoms with van der Waals surface area (Å²) < 4.78 is 0. The monoisotopic (exact) mass is 243 g/mol. The third-order valence-electron chi connectivity index (χ3n) is 1.76. The molecule has 0 heterocycles. The van der Waals surface area contributed by atoms with Crippen LogP contribution in [0.2, 0.25) is 10.0 Å². The summed E-state index contributed by atoms with van der Waals surface area (Å²) in [5.74, 6) is -0.0841. The van der Waals surface area contributed by atoms with E-state index in [0.717, 1.165) is 0 Å². The molecule has 80 valence electrons. The second kappa shape index (κ2) is 5.19. The highest BCUT2D eigenvalue weighted by molar-refractivity contribution is 6.33. The molecule has 0 aliphatic rings. The highest BCUT2D eigenvalue weighted by atomic mass is 35.5. The molecule has 2 nitrogen and oxygen atoms in total. The number of carbonyl (C=O) groups is 1. The molecule has 1 aromatic carbocycles. The number of ketones is 1. The van der Waals surface area contributed by atoms with Crippen molar-refractivity contribution in [2.45, 2.75) is 13.3 Å². The summed E-state index contributed by atoms with van der Waals surface area (Å²) >= 11 is 11.7. The van der Waals surface area contributed by atoms with Crippen molar-refractivity contribution < 1.29 is 4.79 Å². The van der Waals surface area contributed by atoms with Crippen molar-refractivity contribution in [3.8, 4) is 0 Å². The van der Waals surface area contributed by atoms with Gasteiger partial charge >= 0.3 is 0 Å². The van der Waals surface area contributed by atoms with Crippen LogP contribution >= 0.6 is 23.2 Å². The van der Waals surface area contributed by atoms with Gasteiger partial charge in [-0.25, -0.2) is 0 Å². The fourth-order valence-corrected chi connectivity index (χ4v) is 1.55. The second-order valence-electron chi connectivity index (χ2n) is 3.27. The third-order valence-corrected chi connectivity index (χ3v) is 2.36. The first-order valence-electron chi connectivity index (χ1n) is 4.39. The molecule has 0 radical (unpaired) electrons. The minimum Gasteiger partial charge on any atom is -0.402 e. The number of carbonyl (C=O) groups excluding carboxylic acids is 1. The third kappa shape index (κ3) is 3.94. The summed E-state index contributed by atoms with van der Waals surface area (Å²) in [6.45, 7) is 1.66. The topological polar surface area (TPSA) is 43.1 Å². The molecule has 1 rings (SSSR count). The van der Waals surface area contributed by atoms with Gasteiger partial charge in [0.25, 0.3) is 0 Å². The molecule has 0 spiro atoms. The van der Waals surface area contributed by atoms with Crippen molar-refractivity contribution >= 4 is 29.0 Å². The molecule has 15 heavy (non-hydrogen) atoms. The summed E-state index contributed by atoms with van der Waals surface area (Å²) in [6.07, 6.45) is 1.60. The Morgan fingerprint density at radius 2 is 2.13 bits per heavy atom. The zero-order valence-electron chi connectivity index (χ0n) is 8.26. The normalized spacial score (nSPS) is 11.5. The van der Waals surface area contributed by atoms with Crippen LogP contribution in [0.3, 0.4) is 0 Å². The Morgan fingerprint density at radius 1 is 1.47 bits per heavy atom. The standard InChI is InChI=1S/C11H11Cl2NO/c1-7(14)4-10(15)6-8-5-9(12)2-3-11(8)13/h2-5H,6,14H2,1H3/b7-4-. The van der Waals surface area contributed by atoms with Crippen LogP contribution in [-0.2, 0) is 11.2 Å². The lowest BCUT2D eigenvalue weighted by Crippen LogP contribution is -2.03. The zero-order valence-corrected chi connectivity index (χ0v) is 9.77. The maximum Gasteiger partial charge on any atom is 0.161 e. The van der Waals surface area contributed by atoms with Crippen LogP contribution in [0.1, 0.15) is 12.5 Å². The van der Waals surface area contributed by atoms with Crippen molar-refractivity contribution in [3.63, 3.8) is 0 Å². The number of hydrogen-bond donors (Lipinski definition) is 1. The summed E-state index contributed by atoms with van der Waals surface area (Å²) in [5.41, 5.74) is 6.60. The number of hydrogen-bond acceptors (Lipinski definition) is 2. The quantitative estimate of drug-likeness (QED) is 0.830. The van der Waals surface area contributed by atoms with Gasteiger partial charge in [-0.05, 0) is 36.8 Å². The van der Waals surface area contributed by atoms with Gasteiger partial charge in [0, 0.05) is 22.2 Å². The van der Waals surface area contributed by atoms with Crippen molar-refractivity contribution in [1.29, 1.82) is 0 Å². The lowest BCUT2D eigenvalue weighted by molar-refractivity contribution is -0.114. The largest absolute Gasteiger partial charge is 0.402 e. The van der Waals surface area contributed by atoms with Crippen LogP contribution < -0.4 is 5.73 Å². The minimum atomic E-state index is -0.0841. The molecule has 0 unspecified atom stereocenters. The highest BCUT2D eigenvalue weighted by Crippen LogP contribution is 2.21. The lowest BCUT2D eigenvalue weighted by atomic mass is 10.1. The molecule has 0 aliphatic carbocycles. The van der Waals surface area contributed by atoms with Gasteiger partial charge in [0.15, 0.2) is 5.78 Å². The van der Waals surface area contributed by atoms with Gasteiger partial charge < -0.3 is 5.73 Å². The van der Waals surface area contributed by atoms with Gasteiger partial charge in [-0.3, -0.25) is 4.79 Å². The predicted molar refractivity (Wildman–Crippen MR) is 63.1 cm³/mol. The zero-order chi connectivity index (χ0) is 11.4. The van der Waals surface area contributed by atoms with E-state index in [4.69, 9.17) is 28.9 Å². The van der Waals surface area contributed by atoms with E-state index < -0.39 is 0 Å². The van der Waals surface area contributed by atoms with E-state index in [9.17, 15) is 4.79 Å². The van der Waals surface area contributed by atoms with Crippen LogP contribution in [0.15, 0.2) is 30.0 Å². The maximum absolute atomic E-state index is 11.4. The van der Waals surface area contributed by atoms with E-state index in [0.29, 0.717) is 21.3 Å². The highest BCUT2D eigenvalue weighted by Gasteiger charge is 2.05. The number of allylic oxidation sites excluding steroid dienone is 2. The molecule has 0 aromatic heterocycles. The molecular weight excluding hydrogens is 233 g/mol. The van der Waals surface area contributed by atoms with E-state index in [1.54, 1.807) is 25.1 Å². The Bertz CT molecular complexity index is 409. The number of benzene rings is 1. The molecule has 0 bridgehead atoms. The predicted octanol–water partition coefficient (Wildman–Crippen LogP) is 2.97. The molecular formula is C11H11Cl2NO. The summed E-state index contributed by atoms with van der Waals surface area (Å²) in [6, 6.07) is 5.04. The van der Waals surface area contributed by atoms with Crippen LogP contribution in [-0.4, -0.2) is 5.78 Å². The molecule has 0 fully saturated rings. The van der Waals surface area contributed by atoms with E-state index in [1.165, 1.54) is 6.08 Å². The summed E-state index contributed by atoms with van der Waals surface area (Å²) in [5, 5.41) is 1.10. The molecule has 4 heteroatoms. The Morgan fingerprint density at radius 3 is 2.73 bits per heavy atom. The molecule has 0 aliphatic heterocycles. The van der Waals surface area contributed by atoms with E-state index in [1.807, 2.05) is 0 Å². The SMILES string of the molecule is C/C(N)=C/C(=O)Cc1cc(Cl)ccc1Cl. The fraction of sp³-hybridized carbons (Fsp3) is 0.182. The van der Waals surface area contributed by atoms with E-state index in [2.05, 4.69) is 0 Å². The van der Waals surface area contributed by atoms with Gasteiger partial charge in [-0.15, -0.1) is 0 Å². The maximum atomic E-state index is 11.4. The Hall–Kier alpha value is -0.990. The fourth-order valence-electron chi connectivity index (χ4n) is 1.17. The average Bonchev–Trinajstić information content (AvgIpc) is 2.10.